The lowest BCUT2D eigenvalue weighted by Crippen LogP contribution is -2.32. The van der Waals surface area contributed by atoms with Crippen LogP contribution in [-0.4, -0.2) is 62.3 Å². The number of methoxy groups -OCH3 is 2. The van der Waals surface area contributed by atoms with Crippen LogP contribution in [0.15, 0.2) is 48.0 Å². The number of ketones is 1. The number of nitrogens with zero attached hydrogens (tertiary/aromatic N) is 1. The van der Waals surface area contributed by atoms with Crippen molar-refractivity contribution in [1.29, 1.82) is 0 Å². The number of aliphatic hydroxyl groups is 1. The van der Waals surface area contributed by atoms with E-state index < -0.39 is 17.7 Å². The Kier molecular flexibility index (Phi) is 10.4. The quantitative estimate of drug-likeness (QED) is 0.163. The van der Waals surface area contributed by atoms with Crippen LogP contribution in [0.2, 0.25) is 0 Å². The fourth-order valence-electron chi connectivity index (χ4n) is 4.26. The van der Waals surface area contributed by atoms with Crippen LogP contribution in [0.1, 0.15) is 56.7 Å². The number of hydrogen-bond donors (Lipinski definition) is 1. The topological polar surface area (TPSA) is 94.5 Å². The second-order valence-corrected chi connectivity index (χ2v) is 8.83. The Labute approximate surface area is 218 Å². The third-order valence-electron chi connectivity index (χ3n) is 6.17. The van der Waals surface area contributed by atoms with Gasteiger partial charge in [0.05, 0.1) is 38.5 Å². The summed E-state index contributed by atoms with van der Waals surface area (Å²) in [7, 11) is 3.07. The van der Waals surface area contributed by atoms with Gasteiger partial charge in [-0.05, 0) is 42.7 Å². The van der Waals surface area contributed by atoms with Crippen molar-refractivity contribution in [3.8, 4) is 17.2 Å². The Morgan fingerprint density at radius 2 is 1.73 bits per heavy atom. The fourth-order valence-corrected chi connectivity index (χ4v) is 4.26. The average molecular weight is 512 g/mol. The molecule has 0 radical (unpaired) electrons. The van der Waals surface area contributed by atoms with Crippen LogP contribution in [0, 0.1) is 0 Å². The highest BCUT2D eigenvalue weighted by atomic mass is 16.5. The first kappa shape index (κ1) is 28.1. The van der Waals surface area contributed by atoms with Crippen LogP contribution < -0.4 is 14.2 Å². The Morgan fingerprint density at radius 3 is 2.43 bits per heavy atom. The van der Waals surface area contributed by atoms with Crippen molar-refractivity contribution in [1.82, 2.24) is 4.90 Å². The van der Waals surface area contributed by atoms with Crippen LogP contribution in [-0.2, 0) is 14.3 Å². The second-order valence-electron chi connectivity index (χ2n) is 8.83. The van der Waals surface area contributed by atoms with Gasteiger partial charge in [-0.25, -0.2) is 0 Å². The Hall–Kier alpha value is -3.52. The number of hydrogen-bond acceptors (Lipinski definition) is 7. The molecule has 8 heteroatoms. The highest BCUT2D eigenvalue weighted by molar-refractivity contribution is 6.46. The molecule has 2 aromatic carbocycles. The molecule has 3 rings (SSSR count). The first-order chi connectivity index (χ1) is 18.0. The number of aliphatic hydroxyl groups excluding tert-OH is 1. The van der Waals surface area contributed by atoms with Gasteiger partial charge in [-0.15, -0.1) is 0 Å². The molecule has 0 aromatic heterocycles. The minimum Gasteiger partial charge on any atom is -0.507 e. The zero-order chi connectivity index (χ0) is 26.8. The molecular weight excluding hydrogens is 474 g/mol. The normalized spacial score (nSPS) is 16.8. The van der Waals surface area contributed by atoms with Gasteiger partial charge in [0.2, 0.25) is 0 Å². The molecule has 1 atom stereocenters. The van der Waals surface area contributed by atoms with E-state index in [4.69, 9.17) is 18.9 Å². The number of rotatable bonds is 14. The van der Waals surface area contributed by atoms with Gasteiger partial charge in [0.25, 0.3) is 11.7 Å². The third kappa shape index (κ3) is 6.63. The van der Waals surface area contributed by atoms with E-state index in [0.29, 0.717) is 41.6 Å². The molecule has 200 valence electrons. The molecule has 37 heavy (non-hydrogen) atoms. The number of carbonyl (C=O) groups is 2. The lowest BCUT2D eigenvalue weighted by Gasteiger charge is -2.25. The molecule has 0 spiro atoms. The molecule has 1 N–H and O–H groups in total. The monoisotopic (exact) mass is 511 g/mol. The highest BCUT2D eigenvalue weighted by Gasteiger charge is 2.46. The Balaban J connectivity index is 2.05. The van der Waals surface area contributed by atoms with Gasteiger partial charge in [-0.2, -0.15) is 0 Å². The minimum absolute atomic E-state index is 0.00686. The third-order valence-corrected chi connectivity index (χ3v) is 6.17. The van der Waals surface area contributed by atoms with Crippen LogP contribution in [0.5, 0.6) is 17.2 Å². The molecule has 0 bridgehead atoms. The van der Waals surface area contributed by atoms with Crippen molar-refractivity contribution in [2.45, 2.75) is 45.6 Å². The molecule has 0 aliphatic carbocycles. The summed E-state index contributed by atoms with van der Waals surface area (Å²) in [5.41, 5.74) is 1.02. The van der Waals surface area contributed by atoms with Gasteiger partial charge in [-0.3, -0.25) is 9.59 Å². The van der Waals surface area contributed by atoms with Gasteiger partial charge in [-0.1, -0.05) is 44.9 Å². The van der Waals surface area contributed by atoms with E-state index in [2.05, 4.69) is 6.92 Å². The summed E-state index contributed by atoms with van der Waals surface area (Å²) in [4.78, 5) is 27.7. The van der Waals surface area contributed by atoms with Crippen LogP contribution in [0.25, 0.3) is 5.76 Å². The summed E-state index contributed by atoms with van der Waals surface area (Å²) >= 11 is 0. The predicted octanol–water partition coefficient (Wildman–Crippen LogP) is 5.12. The van der Waals surface area contributed by atoms with Gasteiger partial charge in [0.1, 0.15) is 11.5 Å². The van der Waals surface area contributed by atoms with Crippen LogP contribution in [0.4, 0.5) is 0 Å². The summed E-state index contributed by atoms with van der Waals surface area (Å²) in [5, 5.41) is 11.3. The van der Waals surface area contributed by atoms with Crippen molar-refractivity contribution in [3.63, 3.8) is 0 Å². The zero-order valence-electron chi connectivity index (χ0n) is 22.1. The molecular formula is C29H37NO7. The summed E-state index contributed by atoms with van der Waals surface area (Å²) in [5.74, 6) is -0.0668. The number of amides is 1. The van der Waals surface area contributed by atoms with Crippen molar-refractivity contribution in [3.05, 3.63) is 59.2 Å². The number of benzene rings is 2. The molecule has 1 amide bonds. The largest absolute Gasteiger partial charge is 0.507 e. The number of ether oxygens (including phenoxy) is 4. The molecule has 1 fully saturated rings. The Bertz CT molecular complexity index is 1110. The van der Waals surface area contributed by atoms with Crippen molar-refractivity contribution >= 4 is 17.4 Å². The number of likely N-dealkylation sites (tertiary alicyclic amines) is 1. The maximum Gasteiger partial charge on any atom is 0.295 e. The van der Waals surface area contributed by atoms with Crippen LogP contribution >= 0.6 is 0 Å². The minimum atomic E-state index is -0.821. The molecule has 8 nitrogen and oxygen atoms in total. The summed E-state index contributed by atoms with van der Waals surface area (Å²) in [6, 6.07) is 11.4. The van der Waals surface area contributed by atoms with Crippen molar-refractivity contribution in [2.24, 2.45) is 0 Å². The zero-order valence-corrected chi connectivity index (χ0v) is 22.1. The van der Waals surface area contributed by atoms with E-state index in [1.807, 2.05) is 6.92 Å². The number of carbonyl (C=O) groups excluding carboxylic acids is 2. The van der Waals surface area contributed by atoms with Crippen molar-refractivity contribution < 1.29 is 33.6 Å². The standard InChI is InChI=1S/C29H37NO7/c1-5-7-8-16-37-23-13-12-20(19-24(23)35-4)26-25(28(32)29(33)30(26)14-17-34-3)27(31)21-10-9-11-22(18-21)36-15-6-2/h9-13,18-19,26,31H,5-8,14-17H2,1-4H3. The Morgan fingerprint density at radius 1 is 0.919 bits per heavy atom. The lowest BCUT2D eigenvalue weighted by molar-refractivity contribution is -0.140. The van der Waals surface area contributed by atoms with E-state index in [-0.39, 0.29) is 24.5 Å². The summed E-state index contributed by atoms with van der Waals surface area (Å²) < 4.78 is 22.4. The molecule has 1 unspecified atom stereocenters. The predicted molar refractivity (Wildman–Crippen MR) is 141 cm³/mol. The number of unbranched alkanes of at least 4 members (excludes halogenated alkanes) is 2. The molecule has 1 aliphatic rings. The van der Waals surface area contributed by atoms with Gasteiger partial charge >= 0.3 is 0 Å². The molecule has 2 aromatic rings. The summed E-state index contributed by atoms with van der Waals surface area (Å²) in [6.45, 7) is 5.63. The first-order valence-electron chi connectivity index (χ1n) is 12.8. The lowest BCUT2D eigenvalue weighted by atomic mass is 9.95. The SMILES string of the molecule is CCCCCOc1ccc(C2C(=C(O)c3cccc(OCCC)c3)C(=O)C(=O)N2CCOC)cc1OC. The highest BCUT2D eigenvalue weighted by Crippen LogP contribution is 2.42. The molecule has 1 aliphatic heterocycles. The van der Waals surface area contributed by atoms with E-state index >= 15 is 0 Å². The maximum absolute atomic E-state index is 13.2. The van der Waals surface area contributed by atoms with E-state index in [1.165, 1.54) is 12.0 Å². The number of Topliss-reactive ketones (excluding diaryl/α,β-unsaturated/α-hetero) is 1. The van der Waals surface area contributed by atoms with Gasteiger partial charge < -0.3 is 29.0 Å². The van der Waals surface area contributed by atoms with Crippen LogP contribution in [0.3, 0.4) is 0 Å². The smallest absolute Gasteiger partial charge is 0.295 e. The molecule has 0 saturated carbocycles. The van der Waals surface area contributed by atoms with E-state index in [1.54, 1.807) is 49.6 Å². The molecule has 1 heterocycles. The molecule has 1 saturated heterocycles. The first-order valence-corrected chi connectivity index (χ1v) is 12.8. The fraction of sp³-hybridized carbons (Fsp3) is 0.448. The summed E-state index contributed by atoms with van der Waals surface area (Å²) in [6.07, 6.45) is 3.92. The average Bonchev–Trinajstić information content (AvgIpc) is 3.17. The van der Waals surface area contributed by atoms with Gasteiger partial charge in [0.15, 0.2) is 11.5 Å². The van der Waals surface area contributed by atoms with Crippen molar-refractivity contribution in [2.75, 3.05) is 40.6 Å². The maximum atomic E-state index is 13.2. The second kappa shape index (κ2) is 13.7. The van der Waals surface area contributed by atoms with E-state index in [0.717, 1.165) is 25.7 Å². The van der Waals surface area contributed by atoms with Gasteiger partial charge in [0, 0.05) is 19.2 Å². The van der Waals surface area contributed by atoms with E-state index in [9.17, 15) is 14.7 Å².